The molecule has 0 saturated heterocycles. The normalized spacial score (nSPS) is 27.0. The van der Waals surface area contributed by atoms with E-state index in [1.165, 1.54) is 19.1 Å². The van der Waals surface area contributed by atoms with Crippen LogP contribution in [0.15, 0.2) is 48.7 Å². The highest BCUT2D eigenvalue weighted by molar-refractivity contribution is 6.03. The number of hydrogen-bond acceptors (Lipinski definition) is 2. The standard InChI is InChI=1S/C25H24F4N2O2/c1-24(26)11-16(12-24)23(32)31-22-13-30-21-7-6-18(10-20(21)22)33-19-8-15(9-19)14-2-4-17(5-3-14)25(27,28)29/h2-7,10,13,15-16,19,30H,8-9,11-12H2,1H3,(H,31,32)/t15-,16?,19+,24?. The van der Waals surface area contributed by atoms with Crippen molar-refractivity contribution in [2.24, 2.45) is 5.92 Å². The average molecular weight is 460 g/mol. The van der Waals surface area contributed by atoms with Gasteiger partial charge in [-0.1, -0.05) is 12.1 Å². The first-order valence-electron chi connectivity index (χ1n) is 11.0. The highest BCUT2D eigenvalue weighted by Crippen LogP contribution is 2.42. The number of hydrogen-bond donors (Lipinski definition) is 2. The number of halogens is 4. The number of H-pyrrole nitrogens is 1. The van der Waals surface area contributed by atoms with Gasteiger partial charge in [-0.05, 0) is 74.4 Å². The number of ether oxygens (including phenoxy) is 1. The van der Waals surface area contributed by atoms with Crippen LogP contribution < -0.4 is 10.1 Å². The number of nitrogens with one attached hydrogen (secondary N) is 2. The molecule has 5 rings (SSSR count). The van der Waals surface area contributed by atoms with Crippen molar-refractivity contribution in [3.05, 3.63) is 59.8 Å². The lowest BCUT2D eigenvalue weighted by molar-refractivity contribution is -0.137. The van der Waals surface area contributed by atoms with Crippen molar-refractivity contribution in [1.29, 1.82) is 0 Å². The Bertz CT molecular complexity index is 1170. The number of alkyl halides is 4. The molecule has 0 spiro atoms. The summed E-state index contributed by atoms with van der Waals surface area (Å²) in [5, 5.41) is 3.69. The van der Waals surface area contributed by atoms with Crippen LogP contribution in [0.4, 0.5) is 23.2 Å². The molecule has 0 bridgehead atoms. The molecule has 2 aliphatic carbocycles. The minimum Gasteiger partial charge on any atom is -0.490 e. The zero-order chi connectivity index (χ0) is 23.4. The van der Waals surface area contributed by atoms with E-state index in [1.807, 2.05) is 18.2 Å². The summed E-state index contributed by atoms with van der Waals surface area (Å²) in [6, 6.07) is 10.9. The second kappa shape index (κ2) is 7.78. The maximum absolute atomic E-state index is 13.7. The van der Waals surface area contributed by atoms with E-state index in [9.17, 15) is 22.4 Å². The van der Waals surface area contributed by atoms with Crippen molar-refractivity contribution in [1.82, 2.24) is 4.98 Å². The van der Waals surface area contributed by atoms with E-state index in [0.717, 1.165) is 41.4 Å². The average Bonchev–Trinajstić information content (AvgIpc) is 3.10. The first-order valence-corrected chi connectivity index (χ1v) is 11.0. The molecule has 1 amide bonds. The second-order valence-corrected chi connectivity index (χ2v) is 9.45. The Hall–Kier alpha value is -3.03. The van der Waals surface area contributed by atoms with Crippen LogP contribution in [-0.4, -0.2) is 22.7 Å². The maximum atomic E-state index is 13.7. The van der Waals surface area contributed by atoms with E-state index < -0.39 is 17.4 Å². The lowest BCUT2D eigenvalue weighted by Crippen LogP contribution is -2.43. The Morgan fingerprint density at radius 3 is 2.45 bits per heavy atom. The summed E-state index contributed by atoms with van der Waals surface area (Å²) in [6.07, 6.45) is -0.722. The van der Waals surface area contributed by atoms with Gasteiger partial charge in [0.25, 0.3) is 0 Å². The summed E-state index contributed by atoms with van der Waals surface area (Å²) in [5.74, 6) is 0.331. The van der Waals surface area contributed by atoms with Crippen LogP contribution in [0.3, 0.4) is 0 Å². The maximum Gasteiger partial charge on any atom is 0.416 e. The summed E-state index contributed by atoms with van der Waals surface area (Å²) < 4.78 is 58.0. The first kappa shape index (κ1) is 21.8. The van der Waals surface area contributed by atoms with Crippen molar-refractivity contribution in [2.75, 3.05) is 5.32 Å². The highest BCUT2D eigenvalue weighted by Gasteiger charge is 2.44. The van der Waals surface area contributed by atoms with Crippen molar-refractivity contribution in [3.8, 4) is 5.75 Å². The fourth-order valence-electron chi connectivity index (χ4n) is 4.74. The van der Waals surface area contributed by atoms with E-state index >= 15 is 0 Å². The molecule has 0 radical (unpaired) electrons. The topological polar surface area (TPSA) is 54.1 Å². The number of rotatable bonds is 5. The van der Waals surface area contributed by atoms with Gasteiger partial charge in [0.05, 0.1) is 17.4 Å². The van der Waals surface area contributed by atoms with Gasteiger partial charge in [-0.15, -0.1) is 0 Å². The van der Waals surface area contributed by atoms with Gasteiger partial charge in [0.1, 0.15) is 11.4 Å². The quantitative estimate of drug-likeness (QED) is 0.422. The number of aromatic nitrogens is 1. The fourth-order valence-corrected chi connectivity index (χ4v) is 4.74. The molecule has 2 aliphatic rings. The minimum absolute atomic E-state index is 0.0241. The molecule has 3 aromatic rings. The first-order chi connectivity index (χ1) is 15.6. The molecule has 2 saturated carbocycles. The van der Waals surface area contributed by atoms with Crippen LogP contribution in [0.1, 0.15) is 49.7 Å². The molecule has 4 nitrogen and oxygen atoms in total. The van der Waals surface area contributed by atoms with Gasteiger partial charge in [0.15, 0.2) is 0 Å². The highest BCUT2D eigenvalue weighted by atomic mass is 19.4. The van der Waals surface area contributed by atoms with E-state index in [4.69, 9.17) is 4.74 Å². The lowest BCUT2D eigenvalue weighted by Gasteiger charge is -2.37. The molecule has 2 aromatic carbocycles. The molecule has 1 aromatic heterocycles. The summed E-state index contributed by atoms with van der Waals surface area (Å²) in [4.78, 5) is 15.5. The Morgan fingerprint density at radius 1 is 1.12 bits per heavy atom. The second-order valence-electron chi connectivity index (χ2n) is 9.45. The Kier molecular flexibility index (Phi) is 5.14. The number of carbonyl (C=O) groups is 1. The van der Waals surface area contributed by atoms with E-state index in [0.29, 0.717) is 11.4 Å². The third kappa shape index (κ3) is 4.43. The fraction of sp³-hybridized carbons (Fsp3) is 0.400. The van der Waals surface area contributed by atoms with Gasteiger partial charge < -0.3 is 15.0 Å². The summed E-state index contributed by atoms with van der Waals surface area (Å²) in [5.41, 5.74) is 0.456. The molecule has 0 aliphatic heterocycles. The predicted molar refractivity (Wildman–Crippen MR) is 117 cm³/mol. The third-order valence-corrected chi connectivity index (χ3v) is 6.73. The molecular formula is C25H24F4N2O2. The Balaban J connectivity index is 1.20. The lowest BCUT2D eigenvalue weighted by atomic mass is 9.73. The number of anilines is 1. The molecule has 0 atom stereocenters. The number of aromatic amines is 1. The van der Waals surface area contributed by atoms with Crippen LogP contribution in [0.25, 0.3) is 10.9 Å². The molecular weight excluding hydrogens is 436 g/mol. The summed E-state index contributed by atoms with van der Waals surface area (Å²) in [6.45, 7) is 1.51. The van der Waals surface area contributed by atoms with Crippen LogP contribution >= 0.6 is 0 Å². The Morgan fingerprint density at radius 2 is 1.82 bits per heavy atom. The van der Waals surface area contributed by atoms with Crippen LogP contribution in [0.2, 0.25) is 0 Å². The molecule has 2 fully saturated rings. The smallest absolute Gasteiger partial charge is 0.416 e. The van der Waals surface area contributed by atoms with Gasteiger partial charge in [-0.2, -0.15) is 13.2 Å². The van der Waals surface area contributed by atoms with Gasteiger partial charge in [-0.3, -0.25) is 4.79 Å². The van der Waals surface area contributed by atoms with Gasteiger partial charge in [0, 0.05) is 23.0 Å². The van der Waals surface area contributed by atoms with E-state index in [-0.39, 0.29) is 36.7 Å². The van der Waals surface area contributed by atoms with E-state index in [2.05, 4.69) is 10.3 Å². The molecule has 8 heteroatoms. The molecule has 174 valence electrons. The number of amides is 1. The minimum atomic E-state index is -4.33. The van der Waals surface area contributed by atoms with Crippen molar-refractivity contribution in [3.63, 3.8) is 0 Å². The Labute approximate surface area is 188 Å². The summed E-state index contributed by atoms with van der Waals surface area (Å²) >= 11 is 0. The number of carbonyl (C=O) groups excluding carboxylic acids is 1. The van der Waals surface area contributed by atoms with Crippen LogP contribution in [-0.2, 0) is 11.0 Å². The van der Waals surface area contributed by atoms with Crippen LogP contribution in [0.5, 0.6) is 5.75 Å². The SMILES string of the molecule is CC1(F)CC(C(=O)Nc2c[nH]c3ccc(O[C@H]4C[C@@H](c5ccc(C(F)(F)F)cc5)C4)cc23)C1. The summed E-state index contributed by atoms with van der Waals surface area (Å²) in [7, 11) is 0. The molecule has 2 N–H and O–H groups in total. The number of fused-ring (bicyclic) bond motifs is 1. The third-order valence-electron chi connectivity index (χ3n) is 6.73. The van der Waals surface area contributed by atoms with Gasteiger partial charge in [0.2, 0.25) is 5.91 Å². The van der Waals surface area contributed by atoms with Crippen molar-refractivity contribution >= 4 is 22.5 Å². The molecule has 0 unspecified atom stereocenters. The van der Waals surface area contributed by atoms with E-state index in [1.54, 1.807) is 6.20 Å². The van der Waals surface area contributed by atoms with Crippen molar-refractivity contribution < 1.29 is 27.1 Å². The largest absolute Gasteiger partial charge is 0.490 e. The monoisotopic (exact) mass is 460 g/mol. The van der Waals surface area contributed by atoms with Crippen LogP contribution in [0, 0.1) is 5.92 Å². The zero-order valence-electron chi connectivity index (χ0n) is 18.0. The van der Waals surface area contributed by atoms with Crippen molar-refractivity contribution in [2.45, 2.75) is 56.5 Å². The predicted octanol–water partition coefficient (Wildman–Crippen LogP) is 6.59. The zero-order valence-corrected chi connectivity index (χ0v) is 18.0. The van der Waals surface area contributed by atoms with Gasteiger partial charge >= 0.3 is 6.18 Å². The molecule has 1 heterocycles. The number of benzene rings is 2. The van der Waals surface area contributed by atoms with Gasteiger partial charge in [-0.25, -0.2) is 4.39 Å². The molecule has 33 heavy (non-hydrogen) atoms.